The molecule has 5 heteroatoms. The molecule has 0 N–H and O–H groups in total. The van der Waals surface area contributed by atoms with Crippen molar-refractivity contribution in [2.24, 2.45) is 11.3 Å². The molecule has 0 radical (unpaired) electrons. The van der Waals surface area contributed by atoms with E-state index in [0.717, 1.165) is 64.2 Å². The molecule has 4 nitrogen and oxygen atoms in total. The number of ether oxygens (including phenoxy) is 1. The van der Waals surface area contributed by atoms with Gasteiger partial charge in [-0.2, -0.15) is 0 Å². The average Bonchev–Trinajstić information content (AvgIpc) is 3.27. The van der Waals surface area contributed by atoms with Gasteiger partial charge in [-0.3, -0.25) is 4.79 Å². The second-order valence-corrected chi connectivity index (χ2v) is 7.60. The molecule has 3 heterocycles. The predicted octanol–water partition coefficient (Wildman–Crippen LogP) is 2.29. The summed E-state index contributed by atoms with van der Waals surface area (Å²) >= 11 is 0. The summed E-state index contributed by atoms with van der Waals surface area (Å²) in [4.78, 5) is 17.3. The van der Waals surface area contributed by atoms with Crippen LogP contribution in [0.1, 0.15) is 24.8 Å². The normalized spacial score (nSPS) is 30.8. The van der Waals surface area contributed by atoms with Gasteiger partial charge in [-0.25, -0.2) is 4.39 Å². The number of likely N-dealkylation sites (tertiary alicyclic amines) is 2. The van der Waals surface area contributed by atoms with E-state index in [4.69, 9.17) is 4.74 Å². The number of carbonyl (C=O) groups excluding carboxylic acids is 1. The number of nitrogens with zero attached hydrogens (tertiary/aromatic N) is 2. The lowest BCUT2D eigenvalue weighted by molar-refractivity contribution is -0.136. The predicted molar refractivity (Wildman–Crippen MR) is 88.9 cm³/mol. The lowest BCUT2D eigenvalue weighted by atomic mass is 9.85. The largest absolute Gasteiger partial charge is 0.381 e. The standard InChI is InChI=1S/C19H25FN2O2/c20-17-3-1-2-15(10-17)12-22-8-6-19(18(22)23)5-7-21(14-19)11-16-4-9-24-13-16/h1-3,10,16H,4-9,11-14H2/t16-,19-/m1/s1. The molecule has 1 amide bonds. The Bertz CT molecular complexity index is 617. The fourth-order valence-corrected chi connectivity index (χ4v) is 4.48. The van der Waals surface area contributed by atoms with E-state index in [9.17, 15) is 9.18 Å². The molecule has 0 saturated carbocycles. The van der Waals surface area contributed by atoms with E-state index in [-0.39, 0.29) is 17.1 Å². The summed E-state index contributed by atoms with van der Waals surface area (Å²) in [6.45, 7) is 5.99. The molecule has 3 fully saturated rings. The molecular formula is C19H25FN2O2. The first-order valence-electron chi connectivity index (χ1n) is 8.99. The van der Waals surface area contributed by atoms with Crippen LogP contribution in [-0.4, -0.2) is 55.1 Å². The van der Waals surface area contributed by atoms with E-state index < -0.39 is 0 Å². The summed E-state index contributed by atoms with van der Waals surface area (Å²) in [5, 5.41) is 0. The van der Waals surface area contributed by atoms with Crippen molar-refractivity contribution in [3.8, 4) is 0 Å². The minimum atomic E-state index is -0.236. The van der Waals surface area contributed by atoms with Crippen LogP contribution in [0.2, 0.25) is 0 Å². The number of halogens is 1. The van der Waals surface area contributed by atoms with Gasteiger partial charge in [-0.05, 0) is 49.4 Å². The Morgan fingerprint density at radius 1 is 1.29 bits per heavy atom. The Morgan fingerprint density at radius 3 is 2.96 bits per heavy atom. The highest BCUT2D eigenvalue weighted by molar-refractivity contribution is 5.85. The van der Waals surface area contributed by atoms with E-state index in [1.54, 1.807) is 6.07 Å². The number of carbonyl (C=O) groups is 1. The number of hydrogen-bond donors (Lipinski definition) is 0. The van der Waals surface area contributed by atoms with Gasteiger partial charge in [-0.1, -0.05) is 12.1 Å². The summed E-state index contributed by atoms with van der Waals surface area (Å²) in [5.74, 6) is 0.650. The summed E-state index contributed by atoms with van der Waals surface area (Å²) in [6, 6.07) is 6.57. The van der Waals surface area contributed by atoms with Crippen molar-refractivity contribution in [2.75, 3.05) is 39.4 Å². The van der Waals surface area contributed by atoms with Gasteiger partial charge in [-0.15, -0.1) is 0 Å². The molecule has 2 atom stereocenters. The van der Waals surface area contributed by atoms with Gasteiger partial charge in [0.05, 0.1) is 12.0 Å². The molecule has 3 aliphatic rings. The monoisotopic (exact) mass is 332 g/mol. The van der Waals surface area contributed by atoms with Crippen molar-refractivity contribution < 1.29 is 13.9 Å². The van der Waals surface area contributed by atoms with Crippen molar-refractivity contribution in [3.05, 3.63) is 35.6 Å². The smallest absolute Gasteiger partial charge is 0.230 e. The van der Waals surface area contributed by atoms with Crippen molar-refractivity contribution in [1.82, 2.24) is 9.80 Å². The molecule has 0 aliphatic carbocycles. The highest BCUT2D eigenvalue weighted by Crippen LogP contribution is 2.41. The lowest BCUT2D eigenvalue weighted by Gasteiger charge is -2.25. The fourth-order valence-electron chi connectivity index (χ4n) is 4.48. The van der Waals surface area contributed by atoms with E-state index in [1.807, 2.05) is 11.0 Å². The third-order valence-electron chi connectivity index (χ3n) is 5.84. The number of hydrogen-bond acceptors (Lipinski definition) is 3. The van der Waals surface area contributed by atoms with Crippen LogP contribution in [0, 0.1) is 17.2 Å². The first kappa shape index (κ1) is 16.0. The quantitative estimate of drug-likeness (QED) is 0.848. The first-order chi connectivity index (χ1) is 11.6. The highest BCUT2D eigenvalue weighted by Gasteiger charge is 2.50. The van der Waals surface area contributed by atoms with Crippen molar-refractivity contribution >= 4 is 5.91 Å². The van der Waals surface area contributed by atoms with Crippen LogP contribution in [-0.2, 0) is 16.1 Å². The minimum Gasteiger partial charge on any atom is -0.381 e. The van der Waals surface area contributed by atoms with Gasteiger partial charge in [0.2, 0.25) is 5.91 Å². The number of benzene rings is 1. The first-order valence-corrected chi connectivity index (χ1v) is 8.99. The van der Waals surface area contributed by atoms with Crippen LogP contribution >= 0.6 is 0 Å². The topological polar surface area (TPSA) is 32.8 Å². The zero-order valence-electron chi connectivity index (χ0n) is 14.0. The van der Waals surface area contributed by atoms with Gasteiger partial charge >= 0.3 is 0 Å². The SMILES string of the molecule is O=C1N(Cc2cccc(F)c2)CC[C@@]12CCN(C[C@H]1CCOC1)C2. The highest BCUT2D eigenvalue weighted by atomic mass is 19.1. The fraction of sp³-hybridized carbons (Fsp3) is 0.632. The van der Waals surface area contributed by atoms with Crippen LogP contribution in [0.25, 0.3) is 0 Å². The summed E-state index contributed by atoms with van der Waals surface area (Å²) < 4.78 is 18.8. The molecule has 1 spiro atoms. The van der Waals surface area contributed by atoms with Gasteiger partial charge in [0.15, 0.2) is 0 Å². The van der Waals surface area contributed by atoms with Gasteiger partial charge in [0.1, 0.15) is 5.82 Å². The number of amides is 1. The van der Waals surface area contributed by atoms with E-state index in [0.29, 0.717) is 12.5 Å². The lowest BCUT2D eigenvalue weighted by Crippen LogP contribution is -2.37. The maximum atomic E-state index is 13.4. The summed E-state index contributed by atoms with van der Waals surface area (Å²) in [6.07, 6.45) is 3.03. The van der Waals surface area contributed by atoms with E-state index in [1.165, 1.54) is 12.1 Å². The van der Waals surface area contributed by atoms with Crippen LogP contribution < -0.4 is 0 Å². The molecule has 24 heavy (non-hydrogen) atoms. The molecule has 0 bridgehead atoms. The third kappa shape index (κ3) is 3.07. The molecule has 0 unspecified atom stereocenters. The Kier molecular flexibility index (Phi) is 4.31. The van der Waals surface area contributed by atoms with Crippen LogP contribution in [0.4, 0.5) is 4.39 Å². The maximum Gasteiger partial charge on any atom is 0.230 e. The van der Waals surface area contributed by atoms with E-state index in [2.05, 4.69) is 4.90 Å². The van der Waals surface area contributed by atoms with Crippen LogP contribution in [0.5, 0.6) is 0 Å². The Labute approximate surface area is 142 Å². The Morgan fingerprint density at radius 2 is 2.17 bits per heavy atom. The molecule has 3 saturated heterocycles. The molecule has 0 aromatic heterocycles. The van der Waals surface area contributed by atoms with Crippen molar-refractivity contribution in [2.45, 2.75) is 25.8 Å². The molecule has 1 aromatic rings. The van der Waals surface area contributed by atoms with Gasteiger partial charge in [0, 0.05) is 32.8 Å². The molecular weight excluding hydrogens is 307 g/mol. The van der Waals surface area contributed by atoms with Crippen LogP contribution in [0.15, 0.2) is 24.3 Å². The maximum absolute atomic E-state index is 13.4. The van der Waals surface area contributed by atoms with Gasteiger partial charge in [0.25, 0.3) is 0 Å². The zero-order valence-corrected chi connectivity index (χ0v) is 14.0. The van der Waals surface area contributed by atoms with E-state index >= 15 is 0 Å². The summed E-state index contributed by atoms with van der Waals surface area (Å²) in [7, 11) is 0. The molecule has 3 aliphatic heterocycles. The third-order valence-corrected chi connectivity index (χ3v) is 5.84. The number of rotatable bonds is 4. The minimum absolute atomic E-state index is 0.202. The second-order valence-electron chi connectivity index (χ2n) is 7.60. The Balaban J connectivity index is 1.38. The molecule has 4 rings (SSSR count). The molecule has 1 aromatic carbocycles. The second kappa shape index (κ2) is 6.45. The van der Waals surface area contributed by atoms with Crippen molar-refractivity contribution in [1.29, 1.82) is 0 Å². The summed E-state index contributed by atoms with van der Waals surface area (Å²) in [5.41, 5.74) is 0.672. The molecule has 130 valence electrons. The average molecular weight is 332 g/mol. The van der Waals surface area contributed by atoms with Gasteiger partial charge < -0.3 is 14.5 Å². The zero-order chi connectivity index (χ0) is 16.6. The Hall–Kier alpha value is -1.46. The van der Waals surface area contributed by atoms with Crippen molar-refractivity contribution in [3.63, 3.8) is 0 Å². The van der Waals surface area contributed by atoms with Crippen LogP contribution in [0.3, 0.4) is 0 Å².